The molecule has 27 heavy (non-hydrogen) atoms. The van der Waals surface area contributed by atoms with Crippen molar-refractivity contribution in [1.82, 2.24) is 5.32 Å². The van der Waals surface area contributed by atoms with Crippen LogP contribution in [0.1, 0.15) is 67.2 Å². The second-order valence-corrected chi connectivity index (χ2v) is 8.26. The van der Waals surface area contributed by atoms with Crippen LogP contribution in [-0.2, 0) is 28.7 Å². The maximum absolute atomic E-state index is 12.2. The molecule has 0 aromatic heterocycles. The molecule has 0 aliphatic rings. The first kappa shape index (κ1) is 24.8. The highest BCUT2D eigenvalue weighted by Gasteiger charge is 2.28. The summed E-state index contributed by atoms with van der Waals surface area (Å²) < 4.78 is 10.3. The van der Waals surface area contributed by atoms with Gasteiger partial charge < -0.3 is 25.6 Å². The van der Waals surface area contributed by atoms with Gasteiger partial charge in [0.05, 0.1) is 0 Å². The van der Waals surface area contributed by atoms with Crippen molar-refractivity contribution in [2.24, 2.45) is 5.73 Å². The van der Waals surface area contributed by atoms with Crippen LogP contribution in [0.4, 0.5) is 0 Å². The number of carboxylic acid groups (broad SMARTS) is 1. The summed E-state index contributed by atoms with van der Waals surface area (Å²) in [6.07, 6.45) is -0.497. The fourth-order valence-corrected chi connectivity index (χ4v) is 1.94. The van der Waals surface area contributed by atoms with E-state index < -0.39 is 47.1 Å². The Bertz CT molecular complexity index is 547. The lowest BCUT2D eigenvalue weighted by Crippen LogP contribution is -2.45. The smallest absolute Gasteiger partial charge is 0.329 e. The van der Waals surface area contributed by atoms with Gasteiger partial charge in [0.2, 0.25) is 5.91 Å². The van der Waals surface area contributed by atoms with Crippen LogP contribution in [-0.4, -0.2) is 52.2 Å². The normalized spacial score (nSPS) is 14.0. The monoisotopic (exact) mass is 388 g/mol. The first-order chi connectivity index (χ1) is 12.1. The van der Waals surface area contributed by atoms with Crippen molar-refractivity contribution < 1.29 is 33.8 Å². The van der Waals surface area contributed by atoms with E-state index in [1.54, 1.807) is 41.5 Å². The molecule has 0 aromatic rings. The number of hydrogen-bond acceptors (Lipinski definition) is 7. The Morgan fingerprint density at radius 1 is 0.889 bits per heavy atom. The van der Waals surface area contributed by atoms with Crippen LogP contribution >= 0.6 is 0 Å². The lowest BCUT2D eigenvalue weighted by molar-refractivity contribution is -0.159. The van der Waals surface area contributed by atoms with E-state index in [4.69, 9.17) is 20.3 Å². The number of carbonyl (C=O) groups excluding carboxylic acids is 3. The van der Waals surface area contributed by atoms with E-state index in [-0.39, 0.29) is 25.7 Å². The molecule has 0 unspecified atom stereocenters. The number of esters is 2. The van der Waals surface area contributed by atoms with Crippen LogP contribution in [0.25, 0.3) is 0 Å². The minimum absolute atomic E-state index is 0.0285. The van der Waals surface area contributed by atoms with E-state index in [1.807, 2.05) is 0 Å². The van der Waals surface area contributed by atoms with Crippen molar-refractivity contribution in [3.63, 3.8) is 0 Å². The van der Waals surface area contributed by atoms with Gasteiger partial charge in [-0.2, -0.15) is 0 Å². The topological polar surface area (TPSA) is 145 Å². The van der Waals surface area contributed by atoms with Gasteiger partial charge >= 0.3 is 17.9 Å². The fourth-order valence-electron chi connectivity index (χ4n) is 1.94. The van der Waals surface area contributed by atoms with Crippen molar-refractivity contribution in [2.45, 2.75) is 90.5 Å². The van der Waals surface area contributed by atoms with E-state index in [9.17, 15) is 19.2 Å². The number of hydrogen-bond donors (Lipinski definition) is 3. The van der Waals surface area contributed by atoms with Gasteiger partial charge in [0, 0.05) is 12.8 Å². The summed E-state index contributed by atoms with van der Waals surface area (Å²) in [6, 6.07) is -2.07. The number of rotatable bonds is 9. The van der Waals surface area contributed by atoms with E-state index in [0.29, 0.717) is 0 Å². The Kier molecular flexibility index (Phi) is 9.43. The number of amides is 1. The third kappa shape index (κ3) is 12.8. The molecular formula is C18H32N2O7. The van der Waals surface area contributed by atoms with Gasteiger partial charge in [0.1, 0.15) is 23.3 Å². The summed E-state index contributed by atoms with van der Waals surface area (Å²) in [5.74, 6) is -2.96. The van der Waals surface area contributed by atoms with Gasteiger partial charge in [0.25, 0.3) is 0 Å². The second-order valence-electron chi connectivity index (χ2n) is 8.26. The fraction of sp³-hybridized carbons (Fsp3) is 0.778. The molecule has 0 bridgehead atoms. The zero-order valence-electron chi connectivity index (χ0n) is 17.0. The molecule has 0 saturated heterocycles. The Morgan fingerprint density at radius 2 is 1.37 bits per heavy atom. The number of carbonyl (C=O) groups is 4. The third-order valence-corrected chi connectivity index (χ3v) is 3.07. The summed E-state index contributed by atoms with van der Waals surface area (Å²) in [5.41, 5.74) is 4.26. The van der Waals surface area contributed by atoms with E-state index >= 15 is 0 Å². The molecule has 0 aliphatic heterocycles. The molecule has 0 fully saturated rings. The SMILES string of the molecule is CC(C)(C)OC(=O)[C@H](N)CCC(=O)N[C@H](CCC(=O)O)C(=O)OC(C)(C)C. The van der Waals surface area contributed by atoms with Crippen LogP contribution in [0, 0.1) is 0 Å². The van der Waals surface area contributed by atoms with Crippen LogP contribution in [0.5, 0.6) is 0 Å². The van der Waals surface area contributed by atoms with Gasteiger partial charge in [-0.1, -0.05) is 0 Å². The molecule has 0 saturated carbocycles. The molecule has 0 spiro atoms. The van der Waals surface area contributed by atoms with Gasteiger partial charge in [0.15, 0.2) is 0 Å². The molecule has 2 atom stereocenters. The largest absolute Gasteiger partial charge is 0.481 e. The second kappa shape index (κ2) is 10.2. The average molecular weight is 388 g/mol. The number of nitrogens with one attached hydrogen (secondary N) is 1. The summed E-state index contributed by atoms with van der Waals surface area (Å²) in [4.78, 5) is 46.9. The van der Waals surface area contributed by atoms with Crippen LogP contribution in [0.2, 0.25) is 0 Å². The molecule has 4 N–H and O–H groups in total. The van der Waals surface area contributed by atoms with Crippen molar-refractivity contribution in [3.05, 3.63) is 0 Å². The zero-order valence-corrected chi connectivity index (χ0v) is 17.0. The highest BCUT2D eigenvalue weighted by atomic mass is 16.6. The molecule has 0 rings (SSSR count). The highest BCUT2D eigenvalue weighted by molar-refractivity contribution is 5.85. The molecule has 9 nitrogen and oxygen atoms in total. The van der Waals surface area contributed by atoms with Gasteiger partial charge in [-0.05, 0) is 54.4 Å². The van der Waals surface area contributed by atoms with Crippen molar-refractivity contribution in [1.29, 1.82) is 0 Å². The van der Waals surface area contributed by atoms with Crippen molar-refractivity contribution in [2.75, 3.05) is 0 Å². The summed E-state index contributed by atoms with van der Waals surface area (Å²) in [5, 5.41) is 11.3. The highest BCUT2D eigenvalue weighted by Crippen LogP contribution is 2.12. The van der Waals surface area contributed by atoms with Gasteiger partial charge in [-0.15, -0.1) is 0 Å². The quantitative estimate of drug-likeness (QED) is 0.498. The maximum Gasteiger partial charge on any atom is 0.329 e. The van der Waals surface area contributed by atoms with E-state index in [0.717, 1.165) is 0 Å². The Labute approximate surface area is 160 Å². The lowest BCUT2D eigenvalue weighted by Gasteiger charge is -2.24. The first-order valence-corrected chi connectivity index (χ1v) is 8.83. The molecule has 0 heterocycles. The number of carboxylic acids is 1. The molecule has 0 aliphatic carbocycles. The lowest BCUT2D eigenvalue weighted by atomic mass is 10.1. The predicted octanol–water partition coefficient (Wildman–Crippen LogP) is 1.13. The van der Waals surface area contributed by atoms with Crippen molar-refractivity contribution >= 4 is 23.8 Å². The van der Waals surface area contributed by atoms with Crippen LogP contribution in [0.15, 0.2) is 0 Å². The Morgan fingerprint density at radius 3 is 1.81 bits per heavy atom. The number of ether oxygens (including phenoxy) is 2. The predicted molar refractivity (Wildman–Crippen MR) is 97.7 cm³/mol. The molecule has 0 radical (unpaired) electrons. The number of aliphatic carboxylic acids is 1. The molecule has 1 amide bonds. The summed E-state index contributed by atoms with van der Waals surface area (Å²) in [7, 11) is 0. The van der Waals surface area contributed by atoms with Gasteiger partial charge in [-0.3, -0.25) is 14.4 Å². The Balaban J connectivity index is 4.72. The summed E-state index contributed by atoms with van der Waals surface area (Å²) >= 11 is 0. The van der Waals surface area contributed by atoms with Crippen LogP contribution in [0.3, 0.4) is 0 Å². The maximum atomic E-state index is 12.2. The summed E-state index contributed by atoms with van der Waals surface area (Å²) in [6.45, 7) is 10.1. The average Bonchev–Trinajstić information content (AvgIpc) is 2.45. The van der Waals surface area contributed by atoms with E-state index in [2.05, 4.69) is 5.32 Å². The molecule has 9 heteroatoms. The van der Waals surface area contributed by atoms with Gasteiger partial charge in [-0.25, -0.2) is 4.79 Å². The minimum Gasteiger partial charge on any atom is -0.481 e. The van der Waals surface area contributed by atoms with Crippen molar-refractivity contribution in [3.8, 4) is 0 Å². The number of nitrogens with two attached hydrogens (primary N) is 1. The van der Waals surface area contributed by atoms with E-state index in [1.165, 1.54) is 0 Å². The third-order valence-electron chi connectivity index (χ3n) is 3.07. The first-order valence-electron chi connectivity index (χ1n) is 8.83. The minimum atomic E-state index is -1.09. The Hall–Kier alpha value is -2.16. The molecule has 156 valence electrons. The zero-order chi connectivity index (χ0) is 21.4. The molecule has 0 aromatic carbocycles. The molecular weight excluding hydrogens is 356 g/mol. The van der Waals surface area contributed by atoms with Crippen LogP contribution < -0.4 is 11.1 Å². The standard InChI is InChI=1S/C18H32N2O7/c1-17(2,3)26-15(24)11(19)7-9-13(21)20-12(8-10-14(22)23)16(25)27-18(4,5)6/h11-12H,7-10,19H2,1-6H3,(H,20,21)(H,22,23)/t11-,12-/m1/s1.